The second-order valence-electron chi connectivity index (χ2n) is 4.70. The van der Waals surface area contributed by atoms with E-state index >= 15 is 0 Å². The maximum Gasteiger partial charge on any atom is 0.296 e. The van der Waals surface area contributed by atoms with E-state index in [1.165, 1.54) is 13.0 Å². The van der Waals surface area contributed by atoms with Crippen LogP contribution in [0.1, 0.15) is 20.3 Å². The van der Waals surface area contributed by atoms with Crippen molar-refractivity contribution in [3.63, 3.8) is 0 Å². The van der Waals surface area contributed by atoms with Gasteiger partial charge in [0.2, 0.25) is 6.41 Å². The summed E-state index contributed by atoms with van der Waals surface area (Å²) in [6.45, 7) is 2.80. The van der Waals surface area contributed by atoms with Gasteiger partial charge in [0.05, 0.1) is 5.69 Å². The summed E-state index contributed by atoms with van der Waals surface area (Å²) in [6.07, 6.45) is 0.286. The van der Waals surface area contributed by atoms with E-state index in [2.05, 4.69) is 0 Å². The van der Waals surface area contributed by atoms with Crippen LogP contribution in [0.3, 0.4) is 0 Å². The number of anilines is 2. The van der Waals surface area contributed by atoms with Crippen molar-refractivity contribution >= 4 is 49.3 Å². The molecule has 1 amide bonds. The molecule has 0 aliphatic heterocycles. The molecule has 1 aromatic carbocycles. The Bertz CT molecular complexity index is 792. The molecule has 1 aromatic rings. The molecular formula is C12H17ClN2O6S2. The van der Waals surface area contributed by atoms with E-state index in [1.54, 1.807) is 6.92 Å². The minimum absolute atomic E-state index is 0.0315. The highest BCUT2D eigenvalue weighted by molar-refractivity contribution is 7.94. The highest BCUT2D eigenvalue weighted by atomic mass is 35.5. The van der Waals surface area contributed by atoms with Gasteiger partial charge in [-0.3, -0.25) is 14.2 Å². The molecule has 0 aromatic heterocycles. The van der Waals surface area contributed by atoms with Gasteiger partial charge in [-0.2, -0.15) is 8.42 Å². The third kappa shape index (κ3) is 4.14. The van der Waals surface area contributed by atoms with E-state index in [4.69, 9.17) is 21.9 Å². The smallest absolute Gasteiger partial charge is 0.296 e. The van der Waals surface area contributed by atoms with Gasteiger partial charge in [0.15, 0.2) is 9.84 Å². The Morgan fingerprint density at radius 3 is 2.30 bits per heavy atom. The van der Waals surface area contributed by atoms with Crippen molar-refractivity contribution in [3.8, 4) is 0 Å². The fourth-order valence-corrected chi connectivity index (χ4v) is 4.38. The molecular weight excluding hydrogens is 368 g/mol. The summed E-state index contributed by atoms with van der Waals surface area (Å²) in [6, 6.07) is 3.35. The molecule has 8 nitrogen and oxygen atoms in total. The molecule has 1 rings (SSSR count). The molecule has 0 radical (unpaired) electrons. The summed E-state index contributed by atoms with van der Waals surface area (Å²) < 4.78 is 55.0. The first-order valence-corrected chi connectivity index (χ1v) is 9.92. The van der Waals surface area contributed by atoms with Crippen molar-refractivity contribution < 1.29 is 26.2 Å². The number of sulfone groups is 1. The van der Waals surface area contributed by atoms with Gasteiger partial charge >= 0.3 is 0 Å². The largest absolute Gasteiger partial charge is 0.398 e. The third-order valence-corrected chi connectivity index (χ3v) is 7.06. The van der Waals surface area contributed by atoms with Gasteiger partial charge < -0.3 is 5.73 Å². The Balaban J connectivity index is 3.50. The average molecular weight is 385 g/mol. The molecule has 3 N–H and O–H groups in total. The molecule has 0 aliphatic rings. The lowest BCUT2D eigenvalue weighted by Crippen LogP contribution is -2.42. The molecule has 0 saturated heterocycles. The van der Waals surface area contributed by atoms with Crippen LogP contribution in [-0.4, -0.2) is 37.9 Å². The number of alkyl halides is 1. The highest BCUT2D eigenvalue weighted by Gasteiger charge is 2.34. The maximum absolute atomic E-state index is 12.3. The van der Waals surface area contributed by atoms with E-state index < -0.39 is 34.9 Å². The molecule has 130 valence electrons. The topological polar surface area (TPSA) is 135 Å². The van der Waals surface area contributed by atoms with Crippen molar-refractivity contribution in [3.05, 3.63) is 18.2 Å². The van der Waals surface area contributed by atoms with Crippen LogP contribution in [0, 0.1) is 0 Å². The van der Waals surface area contributed by atoms with Gasteiger partial charge in [-0.05, 0) is 31.5 Å². The predicted molar refractivity (Wildman–Crippen MR) is 87.5 cm³/mol. The van der Waals surface area contributed by atoms with Crippen molar-refractivity contribution in [2.75, 3.05) is 10.6 Å². The second kappa shape index (κ2) is 7.04. The summed E-state index contributed by atoms with van der Waals surface area (Å²) in [7, 11) is -8.52. The van der Waals surface area contributed by atoms with Crippen LogP contribution in [0.15, 0.2) is 23.1 Å². The molecule has 0 bridgehead atoms. The summed E-state index contributed by atoms with van der Waals surface area (Å²) >= 11 is 5.67. The zero-order valence-corrected chi connectivity index (χ0v) is 14.8. The number of nitrogens with two attached hydrogens (primary N) is 1. The van der Waals surface area contributed by atoms with E-state index in [0.29, 0.717) is 0 Å². The predicted octanol–water partition coefficient (Wildman–Crippen LogP) is 1.21. The Morgan fingerprint density at radius 2 is 1.91 bits per heavy atom. The Kier molecular flexibility index (Phi) is 6.02. The van der Waals surface area contributed by atoms with Crippen LogP contribution in [0.2, 0.25) is 0 Å². The van der Waals surface area contributed by atoms with Gasteiger partial charge in [-0.1, -0.05) is 6.92 Å². The fraction of sp³-hybridized carbons (Fsp3) is 0.417. The molecule has 0 heterocycles. The molecule has 23 heavy (non-hydrogen) atoms. The minimum Gasteiger partial charge on any atom is -0.398 e. The lowest BCUT2D eigenvalue weighted by molar-refractivity contribution is -0.107. The van der Waals surface area contributed by atoms with Crippen LogP contribution in [0.25, 0.3) is 0 Å². The third-order valence-electron chi connectivity index (χ3n) is 3.18. The monoisotopic (exact) mass is 384 g/mol. The number of amides is 1. The number of carbonyl (C=O) groups is 1. The number of carbonyl (C=O) groups excluding carboxylic acids is 1. The molecule has 2 atom stereocenters. The molecule has 0 aliphatic carbocycles. The normalized spacial score (nSPS) is 15.0. The van der Waals surface area contributed by atoms with Crippen molar-refractivity contribution in [2.24, 2.45) is 0 Å². The van der Waals surface area contributed by atoms with Gasteiger partial charge in [0.1, 0.15) is 15.0 Å². The first kappa shape index (κ1) is 19.7. The summed E-state index contributed by atoms with van der Waals surface area (Å²) in [5.74, 6) is 0. The van der Waals surface area contributed by atoms with Crippen molar-refractivity contribution in [1.29, 1.82) is 0 Å². The zero-order chi connectivity index (χ0) is 18.0. The SMILES string of the molecule is CCC(N(C=O)c1ccc(N)c(S(=O)(=O)O)c1)S(=O)(=O)C(C)Cl. The van der Waals surface area contributed by atoms with E-state index in [0.717, 1.165) is 17.0 Å². The zero-order valence-electron chi connectivity index (χ0n) is 12.4. The number of rotatable bonds is 7. The van der Waals surface area contributed by atoms with Crippen LogP contribution in [0.4, 0.5) is 11.4 Å². The summed E-state index contributed by atoms with van der Waals surface area (Å²) in [5, 5.41) is -1.29. The fourth-order valence-electron chi connectivity index (χ4n) is 2.01. The van der Waals surface area contributed by atoms with E-state index in [-0.39, 0.29) is 24.2 Å². The number of benzene rings is 1. The van der Waals surface area contributed by atoms with Gasteiger partial charge in [-0.25, -0.2) is 8.42 Å². The quantitative estimate of drug-likeness (QED) is 0.312. The van der Waals surface area contributed by atoms with Crippen molar-refractivity contribution in [1.82, 2.24) is 0 Å². The lowest BCUT2D eigenvalue weighted by Gasteiger charge is -2.28. The van der Waals surface area contributed by atoms with Crippen LogP contribution >= 0.6 is 11.6 Å². The number of nitrogens with zero attached hydrogens (tertiary/aromatic N) is 1. The molecule has 0 fully saturated rings. The van der Waals surface area contributed by atoms with Gasteiger partial charge in [0.25, 0.3) is 10.1 Å². The van der Waals surface area contributed by atoms with Crippen LogP contribution < -0.4 is 10.6 Å². The van der Waals surface area contributed by atoms with Crippen LogP contribution in [0.5, 0.6) is 0 Å². The first-order chi connectivity index (χ1) is 10.5. The van der Waals surface area contributed by atoms with E-state index in [1.807, 2.05) is 0 Å². The van der Waals surface area contributed by atoms with E-state index in [9.17, 15) is 21.6 Å². The Labute approximate surface area is 139 Å². The van der Waals surface area contributed by atoms with Gasteiger partial charge in [0, 0.05) is 5.69 Å². The molecule has 0 spiro atoms. The van der Waals surface area contributed by atoms with Crippen LogP contribution in [-0.2, 0) is 24.7 Å². The number of hydrogen-bond acceptors (Lipinski definition) is 6. The molecule has 11 heteroatoms. The maximum atomic E-state index is 12.3. The Hall–Kier alpha value is -1.36. The Morgan fingerprint density at radius 1 is 1.35 bits per heavy atom. The lowest BCUT2D eigenvalue weighted by atomic mass is 10.2. The van der Waals surface area contributed by atoms with Gasteiger partial charge in [-0.15, -0.1) is 11.6 Å². The van der Waals surface area contributed by atoms with Crippen molar-refractivity contribution in [2.45, 2.75) is 35.2 Å². The first-order valence-electron chi connectivity index (χ1n) is 6.44. The molecule has 0 saturated carbocycles. The second-order valence-corrected chi connectivity index (χ2v) is 9.44. The molecule has 2 unspecified atom stereocenters. The highest BCUT2D eigenvalue weighted by Crippen LogP contribution is 2.29. The number of halogens is 1. The summed E-state index contributed by atoms with van der Waals surface area (Å²) in [5.41, 5.74) is 5.20. The standard InChI is InChI=1S/C12H17ClN2O6S2/c1-3-12(22(17,18)8(2)13)15(7-16)9-4-5-10(14)11(6-9)23(19,20)21/h4-8,12H,3,14H2,1-2H3,(H,19,20,21). The minimum atomic E-state index is -4.63. The number of nitrogen functional groups attached to an aromatic ring is 1. The number of hydrogen-bond donors (Lipinski definition) is 2. The summed E-state index contributed by atoms with van der Waals surface area (Å²) in [4.78, 5) is 11.6. The average Bonchev–Trinajstić information content (AvgIpc) is 2.43.